The van der Waals surface area contributed by atoms with Crippen LogP contribution in [0.15, 0.2) is 36.9 Å². The highest BCUT2D eigenvalue weighted by atomic mass is 35.5. The van der Waals surface area contributed by atoms with Crippen molar-refractivity contribution >= 4 is 23.5 Å². The number of hydrogen-bond acceptors (Lipinski definition) is 4. The number of nitrogens with one attached hydrogen (secondary N) is 1. The molecular formula is C18H24ClNO5. The average Bonchev–Trinajstić information content (AvgIpc) is 2.58. The Morgan fingerprint density at radius 2 is 2.00 bits per heavy atom. The molecule has 1 rings (SSSR count). The number of benzene rings is 1. The van der Waals surface area contributed by atoms with Crippen LogP contribution >= 0.6 is 11.6 Å². The number of carbonyl (C=O) groups is 2. The van der Waals surface area contributed by atoms with E-state index in [4.69, 9.17) is 21.1 Å². The summed E-state index contributed by atoms with van der Waals surface area (Å²) in [7, 11) is 0. The number of amides is 1. The Balaban J connectivity index is 2.74. The van der Waals surface area contributed by atoms with Gasteiger partial charge in [0.2, 0.25) is 0 Å². The molecule has 0 saturated carbocycles. The van der Waals surface area contributed by atoms with E-state index in [-0.39, 0.29) is 25.7 Å². The van der Waals surface area contributed by atoms with E-state index >= 15 is 0 Å². The zero-order valence-electron chi connectivity index (χ0n) is 14.2. The first-order valence-electron chi connectivity index (χ1n) is 8.03. The second-order valence-electron chi connectivity index (χ2n) is 5.45. The molecular weight excluding hydrogens is 346 g/mol. The van der Waals surface area contributed by atoms with Crippen molar-refractivity contribution in [3.05, 3.63) is 47.5 Å². The highest BCUT2D eigenvalue weighted by Crippen LogP contribution is 2.15. The summed E-state index contributed by atoms with van der Waals surface area (Å²) in [4.78, 5) is 23.7. The highest BCUT2D eigenvalue weighted by Gasteiger charge is 2.23. The molecule has 0 aliphatic carbocycles. The van der Waals surface area contributed by atoms with Gasteiger partial charge < -0.3 is 19.9 Å². The molecule has 0 bridgehead atoms. The molecule has 0 radical (unpaired) electrons. The number of carboxylic acid groups (broad SMARTS) is 1. The van der Waals surface area contributed by atoms with Crippen molar-refractivity contribution in [2.75, 3.05) is 20.0 Å². The maximum atomic E-state index is 12.4. The maximum Gasteiger partial charge on any atom is 0.306 e. The molecule has 0 aliphatic heterocycles. The Morgan fingerprint density at radius 3 is 2.56 bits per heavy atom. The van der Waals surface area contributed by atoms with E-state index in [0.717, 1.165) is 0 Å². The Labute approximate surface area is 152 Å². The quantitative estimate of drug-likeness (QED) is 0.336. The van der Waals surface area contributed by atoms with Crippen LogP contribution in [0.1, 0.15) is 30.1 Å². The van der Waals surface area contributed by atoms with Crippen LogP contribution in [0.2, 0.25) is 5.02 Å². The van der Waals surface area contributed by atoms with Gasteiger partial charge in [0.05, 0.1) is 18.6 Å². The van der Waals surface area contributed by atoms with Gasteiger partial charge in [-0.05, 0) is 44.0 Å². The highest BCUT2D eigenvalue weighted by molar-refractivity contribution is 6.30. The fraction of sp³-hybridized carbons (Fsp3) is 0.444. The lowest BCUT2D eigenvalue weighted by Crippen LogP contribution is -2.40. The van der Waals surface area contributed by atoms with E-state index in [2.05, 4.69) is 11.9 Å². The molecule has 2 N–H and O–H groups in total. The lowest BCUT2D eigenvalue weighted by molar-refractivity contribution is -0.142. The van der Waals surface area contributed by atoms with E-state index in [1.807, 2.05) is 6.92 Å². The van der Waals surface area contributed by atoms with Crippen LogP contribution in [-0.2, 0) is 14.3 Å². The van der Waals surface area contributed by atoms with Crippen molar-refractivity contribution in [1.82, 2.24) is 5.32 Å². The standard InChI is InChI=1S/C18H24ClNO5/c1-3-5-14(18(22)23)10-16(11-25-12-24-4-2)20-17(21)13-6-8-15(19)9-7-13/h3,6-9,14,16H,1,4-5,10-12H2,2H3,(H,20,21)(H,22,23). The smallest absolute Gasteiger partial charge is 0.306 e. The van der Waals surface area contributed by atoms with Crippen molar-refractivity contribution in [2.24, 2.45) is 5.92 Å². The molecule has 1 aromatic carbocycles. The van der Waals surface area contributed by atoms with E-state index < -0.39 is 17.9 Å². The molecule has 1 amide bonds. The summed E-state index contributed by atoms with van der Waals surface area (Å²) in [6.07, 6.45) is 2.10. The third-order valence-corrected chi connectivity index (χ3v) is 3.75. The first-order chi connectivity index (χ1) is 12.0. The van der Waals surface area contributed by atoms with Gasteiger partial charge in [-0.25, -0.2) is 0 Å². The summed E-state index contributed by atoms with van der Waals surface area (Å²) < 4.78 is 10.5. The summed E-state index contributed by atoms with van der Waals surface area (Å²) in [5, 5.41) is 12.6. The number of halogens is 1. The third-order valence-electron chi connectivity index (χ3n) is 3.50. The molecule has 138 valence electrons. The van der Waals surface area contributed by atoms with Crippen LogP contribution in [-0.4, -0.2) is 43.0 Å². The number of hydrogen-bond donors (Lipinski definition) is 2. The fourth-order valence-electron chi connectivity index (χ4n) is 2.21. The van der Waals surface area contributed by atoms with Gasteiger partial charge in [0.15, 0.2) is 0 Å². The third kappa shape index (κ3) is 8.16. The Kier molecular flexibility index (Phi) is 9.84. The number of carboxylic acids is 1. The second kappa shape index (κ2) is 11.6. The van der Waals surface area contributed by atoms with Crippen molar-refractivity contribution in [2.45, 2.75) is 25.8 Å². The van der Waals surface area contributed by atoms with Gasteiger partial charge in [-0.1, -0.05) is 17.7 Å². The number of ether oxygens (including phenoxy) is 2. The van der Waals surface area contributed by atoms with Crippen LogP contribution in [0.5, 0.6) is 0 Å². The summed E-state index contributed by atoms with van der Waals surface area (Å²) in [6.45, 7) is 6.17. The predicted octanol–water partition coefficient (Wildman–Crippen LogP) is 3.12. The van der Waals surface area contributed by atoms with Gasteiger partial charge in [-0.15, -0.1) is 6.58 Å². The van der Waals surface area contributed by atoms with Crippen molar-refractivity contribution in [1.29, 1.82) is 0 Å². The topological polar surface area (TPSA) is 84.9 Å². The zero-order valence-corrected chi connectivity index (χ0v) is 15.0. The van der Waals surface area contributed by atoms with E-state index in [1.54, 1.807) is 30.3 Å². The van der Waals surface area contributed by atoms with Crippen molar-refractivity contribution in [3.8, 4) is 0 Å². The molecule has 0 saturated heterocycles. The fourth-order valence-corrected chi connectivity index (χ4v) is 2.34. The molecule has 7 heteroatoms. The molecule has 6 nitrogen and oxygen atoms in total. The Hall–Kier alpha value is -1.89. The lowest BCUT2D eigenvalue weighted by atomic mass is 9.96. The zero-order chi connectivity index (χ0) is 18.7. The first kappa shape index (κ1) is 21.2. The molecule has 25 heavy (non-hydrogen) atoms. The summed E-state index contributed by atoms with van der Waals surface area (Å²) in [6, 6.07) is 5.98. The van der Waals surface area contributed by atoms with Gasteiger partial charge in [-0.3, -0.25) is 9.59 Å². The van der Waals surface area contributed by atoms with Gasteiger partial charge in [-0.2, -0.15) is 0 Å². The van der Waals surface area contributed by atoms with Crippen LogP contribution < -0.4 is 5.32 Å². The molecule has 0 aliphatic rings. The van der Waals surface area contributed by atoms with Crippen LogP contribution in [0.4, 0.5) is 0 Å². The molecule has 2 unspecified atom stereocenters. The minimum Gasteiger partial charge on any atom is -0.481 e. The van der Waals surface area contributed by atoms with E-state index in [9.17, 15) is 14.7 Å². The molecule has 0 aromatic heterocycles. The van der Waals surface area contributed by atoms with E-state index in [0.29, 0.717) is 23.6 Å². The summed E-state index contributed by atoms with van der Waals surface area (Å²) in [5.74, 6) is -1.90. The minimum atomic E-state index is -0.935. The largest absolute Gasteiger partial charge is 0.481 e. The normalized spacial score (nSPS) is 13.0. The number of carbonyl (C=O) groups excluding carboxylic acids is 1. The molecule has 0 fully saturated rings. The molecule has 0 spiro atoms. The first-order valence-corrected chi connectivity index (χ1v) is 8.41. The molecule has 0 heterocycles. The predicted molar refractivity (Wildman–Crippen MR) is 95.7 cm³/mol. The number of allylic oxidation sites excluding steroid dienone is 1. The van der Waals surface area contributed by atoms with Crippen LogP contribution in [0.25, 0.3) is 0 Å². The monoisotopic (exact) mass is 369 g/mol. The molecule has 2 atom stereocenters. The van der Waals surface area contributed by atoms with Crippen molar-refractivity contribution < 1.29 is 24.2 Å². The van der Waals surface area contributed by atoms with Gasteiger partial charge >= 0.3 is 5.97 Å². The SMILES string of the molecule is C=CCC(CC(COCOCC)NC(=O)c1ccc(Cl)cc1)C(=O)O. The Bertz CT molecular complexity index is 561. The molecule has 1 aromatic rings. The van der Waals surface area contributed by atoms with Gasteiger partial charge in [0.25, 0.3) is 5.91 Å². The van der Waals surface area contributed by atoms with Crippen molar-refractivity contribution in [3.63, 3.8) is 0 Å². The second-order valence-corrected chi connectivity index (χ2v) is 5.89. The number of rotatable bonds is 12. The summed E-state index contributed by atoms with van der Waals surface area (Å²) >= 11 is 5.82. The Morgan fingerprint density at radius 1 is 1.32 bits per heavy atom. The van der Waals surface area contributed by atoms with E-state index in [1.165, 1.54) is 0 Å². The average molecular weight is 370 g/mol. The lowest BCUT2D eigenvalue weighted by Gasteiger charge is -2.22. The minimum absolute atomic E-state index is 0.0863. The van der Waals surface area contributed by atoms with Crippen LogP contribution in [0.3, 0.4) is 0 Å². The summed E-state index contributed by atoms with van der Waals surface area (Å²) in [5.41, 5.74) is 0.440. The maximum absolute atomic E-state index is 12.4. The van der Waals surface area contributed by atoms with Gasteiger partial charge in [0.1, 0.15) is 6.79 Å². The number of aliphatic carboxylic acids is 1. The van der Waals surface area contributed by atoms with Gasteiger partial charge in [0, 0.05) is 17.2 Å². The van der Waals surface area contributed by atoms with Crippen LogP contribution in [0, 0.1) is 5.92 Å².